The molecule has 0 rings (SSSR count). The van der Waals surface area contributed by atoms with Gasteiger partial charge in [0.15, 0.2) is 5.78 Å². The van der Waals surface area contributed by atoms with Crippen molar-refractivity contribution in [1.82, 2.24) is 0 Å². The summed E-state index contributed by atoms with van der Waals surface area (Å²) in [6.45, 7) is 4.30. The smallest absolute Gasteiger partial charge is 0.177 e. The molecule has 0 aromatic heterocycles. The van der Waals surface area contributed by atoms with Gasteiger partial charge >= 0.3 is 0 Å². The van der Waals surface area contributed by atoms with Crippen LogP contribution in [0.2, 0.25) is 0 Å². The number of carbonyl (C=O) groups is 1. The van der Waals surface area contributed by atoms with Gasteiger partial charge in [0.1, 0.15) is 0 Å². The Morgan fingerprint density at radius 1 is 0.737 bits per heavy atom. The largest absolute Gasteiger partial charge is 0.290 e. The molecule has 0 aromatic carbocycles. The Hall–Kier alpha value is -0.850. The van der Waals surface area contributed by atoms with Gasteiger partial charge in [-0.1, -0.05) is 77.4 Å². The second-order valence-corrected chi connectivity index (χ2v) is 5.23. The van der Waals surface area contributed by atoms with E-state index in [-0.39, 0.29) is 5.78 Å². The fraction of sp³-hybridized carbons (Fsp3) is 0.722. The molecule has 0 saturated heterocycles. The lowest BCUT2D eigenvalue weighted by molar-refractivity contribution is -0.110. The number of allylic oxidation sites excluding steroid dienone is 4. The summed E-state index contributed by atoms with van der Waals surface area (Å²) in [5, 5.41) is 0. The highest BCUT2D eigenvalue weighted by Gasteiger charge is 1.92. The Bertz CT molecular complexity index is 250. The molecule has 0 atom stereocenters. The molecule has 19 heavy (non-hydrogen) atoms. The number of unbranched alkanes of at least 4 members (excludes halogenated alkanes) is 9. The SMILES string of the molecule is CCC=CC(=O)C=CCCCCCCCCCCC. The summed E-state index contributed by atoms with van der Waals surface area (Å²) in [6.07, 6.45) is 21.5. The summed E-state index contributed by atoms with van der Waals surface area (Å²) < 4.78 is 0. The molecule has 0 saturated carbocycles. The Balaban J connectivity index is 3.24. The second kappa shape index (κ2) is 15.2. The molecule has 1 heteroatoms. The molecule has 0 aromatic rings. The maximum absolute atomic E-state index is 11.3. The van der Waals surface area contributed by atoms with Crippen LogP contribution in [0, 0.1) is 0 Å². The van der Waals surface area contributed by atoms with E-state index in [2.05, 4.69) is 6.92 Å². The Labute approximate surface area is 120 Å². The summed E-state index contributed by atoms with van der Waals surface area (Å²) in [5.74, 6) is 0.123. The third kappa shape index (κ3) is 15.1. The van der Waals surface area contributed by atoms with Crippen LogP contribution >= 0.6 is 0 Å². The summed E-state index contributed by atoms with van der Waals surface area (Å²) in [6, 6.07) is 0. The Kier molecular flexibility index (Phi) is 14.5. The molecule has 0 unspecified atom stereocenters. The molecule has 0 aliphatic rings. The van der Waals surface area contributed by atoms with E-state index < -0.39 is 0 Å². The van der Waals surface area contributed by atoms with Gasteiger partial charge < -0.3 is 0 Å². The summed E-state index contributed by atoms with van der Waals surface area (Å²) >= 11 is 0. The zero-order valence-corrected chi connectivity index (χ0v) is 13.0. The van der Waals surface area contributed by atoms with Gasteiger partial charge in [-0.15, -0.1) is 0 Å². The van der Waals surface area contributed by atoms with Gasteiger partial charge in [-0.3, -0.25) is 4.79 Å². The van der Waals surface area contributed by atoms with E-state index in [4.69, 9.17) is 0 Å². The third-order valence-corrected chi connectivity index (χ3v) is 3.27. The molecule has 0 fully saturated rings. The lowest BCUT2D eigenvalue weighted by Crippen LogP contribution is -1.84. The quantitative estimate of drug-likeness (QED) is 0.294. The van der Waals surface area contributed by atoms with Crippen LogP contribution in [0.1, 0.15) is 84.5 Å². The number of ketones is 1. The normalized spacial score (nSPS) is 11.7. The molecule has 1 nitrogen and oxygen atoms in total. The van der Waals surface area contributed by atoms with Gasteiger partial charge in [-0.05, 0) is 31.4 Å². The average Bonchev–Trinajstić information content (AvgIpc) is 2.42. The first-order valence-electron chi connectivity index (χ1n) is 8.18. The minimum Gasteiger partial charge on any atom is -0.290 e. The van der Waals surface area contributed by atoms with Crippen molar-refractivity contribution in [1.29, 1.82) is 0 Å². The number of rotatable bonds is 13. The van der Waals surface area contributed by atoms with Gasteiger partial charge in [0.2, 0.25) is 0 Å². The van der Waals surface area contributed by atoms with Crippen LogP contribution in [-0.2, 0) is 4.79 Å². The van der Waals surface area contributed by atoms with Gasteiger partial charge in [-0.25, -0.2) is 0 Å². The highest BCUT2D eigenvalue weighted by molar-refractivity contribution is 5.99. The molecule has 0 heterocycles. The van der Waals surface area contributed by atoms with E-state index in [1.165, 1.54) is 57.8 Å². The van der Waals surface area contributed by atoms with E-state index >= 15 is 0 Å². The van der Waals surface area contributed by atoms with Crippen LogP contribution in [0.15, 0.2) is 24.3 Å². The predicted molar refractivity (Wildman–Crippen MR) is 85.4 cm³/mol. The lowest BCUT2D eigenvalue weighted by atomic mass is 10.1. The standard InChI is InChI=1S/C18H32O/c1-3-5-7-8-9-10-11-12-13-14-15-17-18(19)16-6-4-2/h6,15-17H,3-5,7-14H2,1-2H3. The highest BCUT2D eigenvalue weighted by Crippen LogP contribution is 2.10. The van der Waals surface area contributed by atoms with Gasteiger partial charge in [0.25, 0.3) is 0 Å². The van der Waals surface area contributed by atoms with Crippen LogP contribution in [-0.4, -0.2) is 5.78 Å². The van der Waals surface area contributed by atoms with Crippen molar-refractivity contribution in [2.24, 2.45) is 0 Å². The van der Waals surface area contributed by atoms with Crippen LogP contribution < -0.4 is 0 Å². The summed E-state index contributed by atoms with van der Waals surface area (Å²) in [4.78, 5) is 11.3. The molecule has 0 N–H and O–H groups in total. The Morgan fingerprint density at radius 3 is 1.84 bits per heavy atom. The highest BCUT2D eigenvalue weighted by atomic mass is 16.1. The fourth-order valence-corrected chi connectivity index (χ4v) is 2.06. The van der Waals surface area contributed by atoms with Crippen LogP contribution in [0.5, 0.6) is 0 Å². The average molecular weight is 264 g/mol. The summed E-state index contributed by atoms with van der Waals surface area (Å²) in [7, 11) is 0. The van der Waals surface area contributed by atoms with Gasteiger partial charge in [0, 0.05) is 0 Å². The zero-order chi connectivity index (χ0) is 14.2. The molecular formula is C18H32O. The van der Waals surface area contributed by atoms with Crippen molar-refractivity contribution in [2.75, 3.05) is 0 Å². The molecule has 0 aliphatic carbocycles. The monoisotopic (exact) mass is 264 g/mol. The van der Waals surface area contributed by atoms with E-state index in [1.807, 2.05) is 19.1 Å². The van der Waals surface area contributed by atoms with Gasteiger partial charge in [0.05, 0.1) is 0 Å². The van der Waals surface area contributed by atoms with Crippen LogP contribution in [0.4, 0.5) is 0 Å². The maximum atomic E-state index is 11.3. The maximum Gasteiger partial charge on any atom is 0.177 e. The Morgan fingerprint density at radius 2 is 1.26 bits per heavy atom. The van der Waals surface area contributed by atoms with E-state index in [1.54, 1.807) is 12.2 Å². The number of hydrogen-bond donors (Lipinski definition) is 0. The van der Waals surface area contributed by atoms with Gasteiger partial charge in [-0.2, -0.15) is 0 Å². The minimum atomic E-state index is 0.123. The topological polar surface area (TPSA) is 17.1 Å². The lowest BCUT2D eigenvalue weighted by Gasteiger charge is -2.00. The fourth-order valence-electron chi connectivity index (χ4n) is 2.06. The number of carbonyl (C=O) groups excluding carboxylic acids is 1. The zero-order valence-electron chi connectivity index (χ0n) is 13.0. The molecule has 110 valence electrons. The van der Waals surface area contributed by atoms with Crippen molar-refractivity contribution in [3.63, 3.8) is 0 Å². The van der Waals surface area contributed by atoms with Crippen molar-refractivity contribution in [3.8, 4) is 0 Å². The van der Waals surface area contributed by atoms with Crippen molar-refractivity contribution in [3.05, 3.63) is 24.3 Å². The van der Waals surface area contributed by atoms with Crippen LogP contribution in [0.3, 0.4) is 0 Å². The first kappa shape index (κ1) is 18.1. The van der Waals surface area contributed by atoms with E-state index in [0.29, 0.717) is 0 Å². The van der Waals surface area contributed by atoms with E-state index in [0.717, 1.165) is 12.8 Å². The van der Waals surface area contributed by atoms with E-state index in [9.17, 15) is 4.79 Å². The summed E-state index contributed by atoms with van der Waals surface area (Å²) in [5.41, 5.74) is 0. The number of hydrogen-bond acceptors (Lipinski definition) is 1. The van der Waals surface area contributed by atoms with Crippen molar-refractivity contribution < 1.29 is 4.79 Å². The minimum absolute atomic E-state index is 0.123. The van der Waals surface area contributed by atoms with Crippen molar-refractivity contribution >= 4 is 5.78 Å². The molecule has 0 radical (unpaired) electrons. The second-order valence-electron chi connectivity index (χ2n) is 5.23. The molecule has 0 aliphatic heterocycles. The van der Waals surface area contributed by atoms with Crippen LogP contribution in [0.25, 0.3) is 0 Å². The third-order valence-electron chi connectivity index (χ3n) is 3.27. The van der Waals surface area contributed by atoms with Crippen molar-refractivity contribution in [2.45, 2.75) is 84.5 Å². The molecule has 0 amide bonds. The molecular weight excluding hydrogens is 232 g/mol. The first-order valence-corrected chi connectivity index (χ1v) is 8.18. The molecule has 0 bridgehead atoms. The predicted octanol–water partition coefficient (Wildman–Crippen LogP) is 6.00. The first-order chi connectivity index (χ1) is 9.31. The molecule has 0 spiro atoms.